The van der Waals surface area contributed by atoms with Gasteiger partial charge in [0, 0.05) is 30.2 Å². The molecule has 4 nitrogen and oxygen atoms in total. The summed E-state index contributed by atoms with van der Waals surface area (Å²) < 4.78 is 16.2. The first kappa shape index (κ1) is 13.2. The number of hydrogen-bond donors (Lipinski definition) is 1. The molecule has 100 valence electrons. The number of ether oxygens (including phenoxy) is 3. The molecule has 0 bridgehead atoms. The van der Waals surface area contributed by atoms with Crippen molar-refractivity contribution in [3.63, 3.8) is 0 Å². The van der Waals surface area contributed by atoms with E-state index < -0.39 is 0 Å². The lowest BCUT2D eigenvalue weighted by Gasteiger charge is -2.21. The van der Waals surface area contributed by atoms with Crippen molar-refractivity contribution in [1.29, 1.82) is 0 Å². The summed E-state index contributed by atoms with van der Waals surface area (Å²) in [6, 6.07) is 4.13. The lowest BCUT2D eigenvalue weighted by atomic mass is 9.93. The number of hydrogen-bond acceptors (Lipinski definition) is 4. The van der Waals surface area contributed by atoms with Crippen LogP contribution in [0.25, 0.3) is 0 Å². The molecule has 0 atom stereocenters. The summed E-state index contributed by atoms with van der Waals surface area (Å²) in [6.45, 7) is 1.16. The topological polar surface area (TPSA) is 53.7 Å². The van der Waals surface area contributed by atoms with Crippen LogP contribution >= 0.6 is 0 Å². The van der Waals surface area contributed by atoms with E-state index in [2.05, 4.69) is 6.07 Å². The largest absolute Gasteiger partial charge is 0.493 e. The van der Waals surface area contributed by atoms with E-state index in [4.69, 9.17) is 19.9 Å². The Labute approximate surface area is 108 Å². The van der Waals surface area contributed by atoms with Gasteiger partial charge in [-0.3, -0.25) is 0 Å². The van der Waals surface area contributed by atoms with Crippen LogP contribution in [0, 0.1) is 0 Å². The van der Waals surface area contributed by atoms with E-state index in [0.717, 1.165) is 35.5 Å². The van der Waals surface area contributed by atoms with Gasteiger partial charge in [-0.2, -0.15) is 0 Å². The van der Waals surface area contributed by atoms with Crippen LogP contribution in [0.5, 0.6) is 11.5 Å². The molecule has 1 aromatic rings. The Kier molecular flexibility index (Phi) is 3.78. The van der Waals surface area contributed by atoms with Crippen molar-refractivity contribution >= 4 is 0 Å². The number of methoxy groups -OCH3 is 3. The van der Waals surface area contributed by atoms with Gasteiger partial charge in [-0.25, -0.2) is 0 Å². The fourth-order valence-corrected chi connectivity index (χ4v) is 2.45. The highest BCUT2D eigenvalue weighted by Crippen LogP contribution is 2.53. The third kappa shape index (κ3) is 2.06. The second-order valence-electron chi connectivity index (χ2n) is 4.76. The zero-order chi connectivity index (χ0) is 13.2. The van der Waals surface area contributed by atoms with Gasteiger partial charge >= 0.3 is 0 Å². The molecule has 0 unspecified atom stereocenters. The third-order valence-electron chi connectivity index (χ3n) is 3.72. The molecule has 1 aliphatic rings. The van der Waals surface area contributed by atoms with Crippen molar-refractivity contribution < 1.29 is 14.2 Å². The monoisotopic (exact) mass is 251 g/mol. The standard InChI is InChI=1S/C14H21NO3/c1-16-8-10-4-5-11(14(9-15)6-7-14)13(18-3)12(10)17-2/h4-5H,6-9,15H2,1-3H3. The molecule has 1 saturated carbocycles. The van der Waals surface area contributed by atoms with Gasteiger partial charge in [-0.1, -0.05) is 12.1 Å². The van der Waals surface area contributed by atoms with Crippen molar-refractivity contribution in [2.45, 2.75) is 24.9 Å². The summed E-state index contributed by atoms with van der Waals surface area (Å²) in [5, 5.41) is 0. The Hall–Kier alpha value is -1.26. The van der Waals surface area contributed by atoms with Crippen molar-refractivity contribution in [3.05, 3.63) is 23.3 Å². The van der Waals surface area contributed by atoms with E-state index in [1.165, 1.54) is 0 Å². The van der Waals surface area contributed by atoms with Crippen LogP contribution in [-0.4, -0.2) is 27.9 Å². The molecular formula is C14H21NO3. The van der Waals surface area contributed by atoms with Crippen LogP contribution in [-0.2, 0) is 16.8 Å². The summed E-state index contributed by atoms with van der Waals surface area (Å²) >= 11 is 0. The zero-order valence-electron chi connectivity index (χ0n) is 11.3. The number of benzene rings is 1. The number of nitrogens with two attached hydrogens (primary N) is 1. The summed E-state index contributed by atoms with van der Waals surface area (Å²) in [7, 11) is 5.00. The van der Waals surface area contributed by atoms with Gasteiger partial charge in [-0.15, -0.1) is 0 Å². The molecule has 1 aliphatic carbocycles. The minimum atomic E-state index is 0.0875. The Morgan fingerprint density at radius 2 is 1.78 bits per heavy atom. The molecule has 0 heterocycles. The van der Waals surface area contributed by atoms with Crippen molar-refractivity contribution in [3.8, 4) is 11.5 Å². The first-order valence-corrected chi connectivity index (χ1v) is 6.15. The summed E-state index contributed by atoms with van der Waals surface area (Å²) in [6.07, 6.45) is 2.24. The maximum atomic E-state index is 5.89. The van der Waals surface area contributed by atoms with E-state index in [1.807, 2.05) is 6.07 Å². The van der Waals surface area contributed by atoms with E-state index in [0.29, 0.717) is 13.2 Å². The smallest absolute Gasteiger partial charge is 0.166 e. The molecule has 4 heteroatoms. The van der Waals surface area contributed by atoms with Crippen LogP contribution in [0.4, 0.5) is 0 Å². The van der Waals surface area contributed by atoms with Crippen LogP contribution in [0.2, 0.25) is 0 Å². The fourth-order valence-electron chi connectivity index (χ4n) is 2.45. The molecule has 1 fully saturated rings. The van der Waals surface area contributed by atoms with E-state index in [-0.39, 0.29) is 5.41 Å². The highest BCUT2D eigenvalue weighted by Gasteiger charge is 2.45. The summed E-state index contributed by atoms with van der Waals surface area (Å²) in [4.78, 5) is 0. The van der Waals surface area contributed by atoms with Gasteiger partial charge in [0.1, 0.15) is 0 Å². The van der Waals surface area contributed by atoms with Gasteiger partial charge in [0.2, 0.25) is 0 Å². The predicted molar refractivity (Wildman–Crippen MR) is 70.2 cm³/mol. The quantitative estimate of drug-likeness (QED) is 0.838. The summed E-state index contributed by atoms with van der Waals surface area (Å²) in [5.74, 6) is 1.56. The van der Waals surface area contributed by atoms with Gasteiger partial charge in [-0.05, 0) is 12.8 Å². The maximum Gasteiger partial charge on any atom is 0.166 e. The molecule has 18 heavy (non-hydrogen) atoms. The summed E-state index contributed by atoms with van der Waals surface area (Å²) in [5.41, 5.74) is 8.13. The van der Waals surface area contributed by atoms with Gasteiger partial charge < -0.3 is 19.9 Å². The van der Waals surface area contributed by atoms with E-state index in [9.17, 15) is 0 Å². The second kappa shape index (κ2) is 5.16. The molecule has 0 spiro atoms. The van der Waals surface area contributed by atoms with E-state index >= 15 is 0 Å². The number of rotatable bonds is 6. The highest BCUT2D eigenvalue weighted by atomic mass is 16.5. The molecule has 0 aliphatic heterocycles. The highest BCUT2D eigenvalue weighted by molar-refractivity contribution is 5.56. The maximum absolute atomic E-state index is 5.89. The van der Waals surface area contributed by atoms with E-state index in [1.54, 1.807) is 21.3 Å². The van der Waals surface area contributed by atoms with Crippen molar-refractivity contribution in [2.24, 2.45) is 5.73 Å². The first-order chi connectivity index (χ1) is 8.72. The lowest BCUT2D eigenvalue weighted by molar-refractivity contribution is 0.180. The van der Waals surface area contributed by atoms with Crippen molar-refractivity contribution in [1.82, 2.24) is 0 Å². The zero-order valence-corrected chi connectivity index (χ0v) is 11.3. The van der Waals surface area contributed by atoms with Gasteiger partial charge in [0.25, 0.3) is 0 Å². The van der Waals surface area contributed by atoms with Gasteiger partial charge in [0.05, 0.1) is 20.8 Å². The van der Waals surface area contributed by atoms with Crippen LogP contribution in [0.3, 0.4) is 0 Å². The molecule has 0 saturated heterocycles. The lowest BCUT2D eigenvalue weighted by Crippen LogP contribution is -2.21. The molecule has 0 radical (unpaired) electrons. The van der Waals surface area contributed by atoms with Crippen LogP contribution in [0.1, 0.15) is 24.0 Å². The molecule has 1 aromatic carbocycles. The van der Waals surface area contributed by atoms with Gasteiger partial charge in [0.15, 0.2) is 11.5 Å². The average molecular weight is 251 g/mol. The third-order valence-corrected chi connectivity index (χ3v) is 3.72. The Morgan fingerprint density at radius 3 is 2.22 bits per heavy atom. The Morgan fingerprint density at radius 1 is 1.11 bits per heavy atom. The molecule has 2 rings (SSSR count). The molecule has 2 N–H and O–H groups in total. The van der Waals surface area contributed by atoms with Crippen molar-refractivity contribution in [2.75, 3.05) is 27.9 Å². The normalized spacial score (nSPS) is 16.4. The average Bonchev–Trinajstić information content (AvgIpc) is 3.19. The first-order valence-electron chi connectivity index (χ1n) is 6.15. The SMILES string of the molecule is COCc1ccc(C2(CN)CC2)c(OC)c1OC. The molecule has 0 aromatic heterocycles. The Balaban J connectivity index is 2.49. The molecule has 0 amide bonds. The molecular weight excluding hydrogens is 230 g/mol. The second-order valence-corrected chi connectivity index (χ2v) is 4.76. The van der Waals surface area contributed by atoms with Crippen LogP contribution in [0.15, 0.2) is 12.1 Å². The fraction of sp³-hybridized carbons (Fsp3) is 0.571. The predicted octanol–water partition coefficient (Wildman–Crippen LogP) is 1.84. The minimum Gasteiger partial charge on any atom is -0.493 e. The Bertz CT molecular complexity index is 427. The minimum absolute atomic E-state index is 0.0875. The van der Waals surface area contributed by atoms with Crippen LogP contribution < -0.4 is 15.2 Å².